The first-order chi connectivity index (χ1) is 10.5. The van der Waals surface area contributed by atoms with Gasteiger partial charge in [0.2, 0.25) is 5.91 Å². The molecular formula is C18H28N2O2. The maximum absolute atomic E-state index is 12.1. The number of rotatable bonds is 6. The summed E-state index contributed by atoms with van der Waals surface area (Å²) < 4.78 is 5.98. The quantitative estimate of drug-likeness (QED) is 0.878. The molecule has 2 rings (SSSR count). The lowest BCUT2D eigenvalue weighted by atomic mass is 10.0. The SMILES string of the molecule is CCC(C)(C)NC(=O)CN1CCC(Oc2ccccc2)CC1. The van der Waals surface area contributed by atoms with Crippen LogP contribution in [0.3, 0.4) is 0 Å². The fraction of sp³-hybridized carbons (Fsp3) is 0.611. The van der Waals surface area contributed by atoms with E-state index in [-0.39, 0.29) is 17.6 Å². The monoisotopic (exact) mass is 304 g/mol. The van der Waals surface area contributed by atoms with E-state index in [2.05, 4.69) is 31.0 Å². The number of ether oxygens (including phenoxy) is 1. The van der Waals surface area contributed by atoms with E-state index in [1.165, 1.54) is 0 Å². The summed E-state index contributed by atoms with van der Waals surface area (Å²) in [6, 6.07) is 9.96. The molecule has 0 unspecified atom stereocenters. The first-order valence-electron chi connectivity index (χ1n) is 8.23. The van der Waals surface area contributed by atoms with Crippen molar-refractivity contribution in [3.63, 3.8) is 0 Å². The number of hydrogen-bond donors (Lipinski definition) is 1. The van der Waals surface area contributed by atoms with Crippen molar-refractivity contribution in [3.05, 3.63) is 30.3 Å². The lowest BCUT2D eigenvalue weighted by molar-refractivity contribution is -0.124. The molecule has 1 aliphatic rings. The Kier molecular flexibility index (Phi) is 5.83. The van der Waals surface area contributed by atoms with Gasteiger partial charge in [0.15, 0.2) is 0 Å². The summed E-state index contributed by atoms with van der Waals surface area (Å²) in [5.74, 6) is 1.05. The highest BCUT2D eigenvalue weighted by atomic mass is 16.5. The molecular weight excluding hydrogens is 276 g/mol. The Morgan fingerprint density at radius 2 is 1.91 bits per heavy atom. The molecule has 1 fully saturated rings. The van der Waals surface area contributed by atoms with Gasteiger partial charge in [-0.3, -0.25) is 9.69 Å². The molecule has 0 atom stereocenters. The minimum absolute atomic E-state index is 0.119. The summed E-state index contributed by atoms with van der Waals surface area (Å²) in [6.45, 7) is 8.53. The predicted octanol–water partition coefficient (Wildman–Crippen LogP) is 2.83. The van der Waals surface area contributed by atoms with E-state index in [4.69, 9.17) is 4.74 Å². The maximum Gasteiger partial charge on any atom is 0.234 e. The summed E-state index contributed by atoms with van der Waals surface area (Å²) in [6.07, 6.45) is 3.14. The molecule has 1 aliphatic heterocycles. The molecule has 122 valence electrons. The Hall–Kier alpha value is -1.55. The second-order valence-electron chi connectivity index (χ2n) is 6.69. The molecule has 1 N–H and O–H groups in total. The van der Waals surface area contributed by atoms with Crippen molar-refractivity contribution in [2.45, 2.75) is 51.7 Å². The third-order valence-corrected chi connectivity index (χ3v) is 4.31. The van der Waals surface area contributed by atoms with Gasteiger partial charge in [-0.05, 0) is 45.2 Å². The van der Waals surface area contributed by atoms with E-state index >= 15 is 0 Å². The van der Waals surface area contributed by atoms with E-state index in [0.717, 1.165) is 38.1 Å². The Labute approximate surface area is 133 Å². The van der Waals surface area contributed by atoms with E-state index in [1.54, 1.807) is 0 Å². The van der Waals surface area contributed by atoms with Crippen molar-refractivity contribution < 1.29 is 9.53 Å². The van der Waals surface area contributed by atoms with Crippen LogP contribution in [0.4, 0.5) is 0 Å². The van der Waals surface area contributed by atoms with Crippen LogP contribution < -0.4 is 10.1 Å². The van der Waals surface area contributed by atoms with Crippen LogP contribution in [0.15, 0.2) is 30.3 Å². The lowest BCUT2D eigenvalue weighted by Crippen LogP contribution is -2.49. The number of amides is 1. The second kappa shape index (κ2) is 7.63. The Morgan fingerprint density at radius 3 is 2.50 bits per heavy atom. The summed E-state index contributed by atoms with van der Waals surface area (Å²) in [5, 5.41) is 3.09. The zero-order valence-electron chi connectivity index (χ0n) is 14.0. The molecule has 0 bridgehead atoms. The number of carbonyl (C=O) groups excluding carboxylic acids is 1. The van der Waals surface area contributed by atoms with Crippen LogP contribution in [0.5, 0.6) is 5.75 Å². The molecule has 4 heteroatoms. The van der Waals surface area contributed by atoms with Crippen LogP contribution in [0.25, 0.3) is 0 Å². The van der Waals surface area contributed by atoms with Gasteiger partial charge in [-0.15, -0.1) is 0 Å². The van der Waals surface area contributed by atoms with E-state index in [0.29, 0.717) is 6.54 Å². The maximum atomic E-state index is 12.1. The third-order valence-electron chi connectivity index (χ3n) is 4.31. The summed E-state index contributed by atoms with van der Waals surface area (Å²) in [4.78, 5) is 14.3. The second-order valence-corrected chi connectivity index (χ2v) is 6.69. The molecule has 1 aromatic rings. The average Bonchev–Trinajstić information content (AvgIpc) is 2.50. The number of nitrogens with zero attached hydrogens (tertiary/aromatic N) is 1. The summed E-state index contributed by atoms with van der Waals surface area (Å²) in [7, 11) is 0. The molecule has 22 heavy (non-hydrogen) atoms. The highest BCUT2D eigenvalue weighted by Gasteiger charge is 2.24. The lowest BCUT2D eigenvalue weighted by Gasteiger charge is -2.33. The molecule has 1 aromatic carbocycles. The van der Waals surface area contributed by atoms with Gasteiger partial charge in [-0.1, -0.05) is 25.1 Å². The molecule has 1 amide bonds. The summed E-state index contributed by atoms with van der Waals surface area (Å²) >= 11 is 0. The molecule has 1 saturated heterocycles. The fourth-order valence-electron chi connectivity index (χ4n) is 2.59. The minimum Gasteiger partial charge on any atom is -0.490 e. The van der Waals surface area contributed by atoms with Crippen LogP contribution >= 0.6 is 0 Å². The number of piperidine rings is 1. The van der Waals surface area contributed by atoms with Gasteiger partial charge in [0.05, 0.1) is 6.54 Å². The summed E-state index contributed by atoms with van der Waals surface area (Å²) in [5.41, 5.74) is -0.119. The number of carbonyl (C=O) groups is 1. The van der Waals surface area contributed by atoms with Gasteiger partial charge in [0.1, 0.15) is 11.9 Å². The molecule has 0 spiro atoms. The number of para-hydroxylation sites is 1. The third kappa shape index (κ3) is 5.34. The van der Waals surface area contributed by atoms with Crippen molar-refractivity contribution in [1.82, 2.24) is 10.2 Å². The number of hydrogen-bond acceptors (Lipinski definition) is 3. The van der Waals surface area contributed by atoms with Crippen molar-refractivity contribution >= 4 is 5.91 Å². The van der Waals surface area contributed by atoms with Gasteiger partial charge in [0, 0.05) is 18.6 Å². The Morgan fingerprint density at radius 1 is 1.27 bits per heavy atom. The first kappa shape index (κ1) is 16.8. The van der Waals surface area contributed by atoms with Crippen LogP contribution in [-0.4, -0.2) is 42.1 Å². The van der Waals surface area contributed by atoms with E-state index in [1.807, 2.05) is 30.3 Å². The molecule has 0 radical (unpaired) electrons. The smallest absolute Gasteiger partial charge is 0.234 e. The zero-order chi connectivity index (χ0) is 16.0. The highest BCUT2D eigenvalue weighted by molar-refractivity contribution is 5.78. The van der Waals surface area contributed by atoms with E-state index in [9.17, 15) is 4.79 Å². The minimum atomic E-state index is -0.119. The first-order valence-corrected chi connectivity index (χ1v) is 8.23. The normalized spacial score (nSPS) is 17.2. The highest BCUT2D eigenvalue weighted by Crippen LogP contribution is 2.18. The largest absolute Gasteiger partial charge is 0.490 e. The average molecular weight is 304 g/mol. The van der Waals surface area contributed by atoms with Crippen LogP contribution in [0, 0.1) is 0 Å². The standard InChI is InChI=1S/C18H28N2O2/c1-4-18(2,3)19-17(21)14-20-12-10-16(11-13-20)22-15-8-6-5-7-9-15/h5-9,16H,4,10-14H2,1-3H3,(H,19,21). The van der Waals surface area contributed by atoms with Gasteiger partial charge >= 0.3 is 0 Å². The zero-order valence-corrected chi connectivity index (χ0v) is 14.0. The fourth-order valence-corrected chi connectivity index (χ4v) is 2.59. The van der Waals surface area contributed by atoms with E-state index < -0.39 is 0 Å². The van der Waals surface area contributed by atoms with Crippen molar-refractivity contribution in [1.29, 1.82) is 0 Å². The molecule has 1 heterocycles. The number of nitrogens with one attached hydrogen (secondary N) is 1. The van der Waals surface area contributed by atoms with Crippen molar-refractivity contribution in [2.75, 3.05) is 19.6 Å². The van der Waals surface area contributed by atoms with Crippen molar-refractivity contribution in [3.8, 4) is 5.75 Å². The number of benzene rings is 1. The Balaban J connectivity index is 1.72. The van der Waals surface area contributed by atoms with Crippen LogP contribution in [-0.2, 0) is 4.79 Å². The molecule has 0 aromatic heterocycles. The van der Waals surface area contributed by atoms with Gasteiger partial charge in [-0.2, -0.15) is 0 Å². The van der Waals surface area contributed by atoms with Crippen LogP contribution in [0.1, 0.15) is 40.0 Å². The molecule has 0 aliphatic carbocycles. The van der Waals surface area contributed by atoms with Crippen molar-refractivity contribution in [2.24, 2.45) is 0 Å². The van der Waals surface area contributed by atoms with Gasteiger partial charge in [-0.25, -0.2) is 0 Å². The molecule has 0 saturated carbocycles. The molecule has 4 nitrogen and oxygen atoms in total. The van der Waals surface area contributed by atoms with Gasteiger partial charge in [0.25, 0.3) is 0 Å². The predicted molar refractivity (Wildman–Crippen MR) is 89.0 cm³/mol. The Bertz CT molecular complexity index is 465. The number of likely N-dealkylation sites (tertiary alicyclic amines) is 1. The van der Waals surface area contributed by atoms with Crippen LogP contribution in [0.2, 0.25) is 0 Å². The topological polar surface area (TPSA) is 41.6 Å². The van der Waals surface area contributed by atoms with Gasteiger partial charge < -0.3 is 10.1 Å².